The molecule has 5 nitrogen and oxygen atoms in total. The number of ether oxygens (including phenoxy) is 1. The minimum atomic E-state index is -0.139. The normalized spacial score (nSPS) is 11.5. The molecule has 1 aromatic heterocycles. The summed E-state index contributed by atoms with van der Waals surface area (Å²) in [5, 5.41) is 3.28. The maximum atomic E-state index is 13.4. The fourth-order valence-electron chi connectivity index (χ4n) is 3.37. The van der Waals surface area contributed by atoms with Crippen molar-refractivity contribution in [2.24, 2.45) is 4.99 Å². The standard InChI is InChI=1S/C25H23N3O2/c1-17-9-13-20(14-10-17)26-18(2)23-24(19-11-15-22(30-3)16-12-19)27-28(25(23)29)21-7-5-4-6-8-21/h4-16,27H,1-3H3. The maximum absolute atomic E-state index is 13.4. The first-order valence-corrected chi connectivity index (χ1v) is 9.74. The molecule has 3 aromatic carbocycles. The van der Waals surface area contributed by atoms with E-state index in [1.54, 1.807) is 11.8 Å². The second-order valence-corrected chi connectivity index (χ2v) is 7.10. The van der Waals surface area contributed by atoms with Gasteiger partial charge in [0, 0.05) is 5.56 Å². The number of aromatic nitrogens is 2. The average Bonchev–Trinajstić information content (AvgIpc) is 3.13. The Morgan fingerprint density at radius 2 is 1.60 bits per heavy atom. The molecule has 150 valence electrons. The summed E-state index contributed by atoms with van der Waals surface area (Å²) in [6, 6.07) is 25.1. The van der Waals surface area contributed by atoms with Gasteiger partial charge in [-0.25, -0.2) is 4.68 Å². The zero-order valence-corrected chi connectivity index (χ0v) is 17.2. The van der Waals surface area contributed by atoms with E-state index in [0.29, 0.717) is 11.3 Å². The molecule has 5 heteroatoms. The van der Waals surface area contributed by atoms with Crippen LogP contribution in [-0.2, 0) is 0 Å². The van der Waals surface area contributed by atoms with Gasteiger partial charge in [-0.15, -0.1) is 0 Å². The van der Waals surface area contributed by atoms with Crippen LogP contribution < -0.4 is 10.3 Å². The fraction of sp³-hybridized carbons (Fsp3) is 0.120. The molecule has 0 saturated carbocycles. The Morgan fingerprint density at radius 1 is 0.933 bits per heavy atom. The van der Waals surface area contributed by atoms with Crippen molar-refractivity contribution in [2.45, 2.75) is 13.8 Å². The Kier molecular flexibility index (Phi) is 5.35. The van der Waals surface area contributed by atoms with Gasteiger partial charge < -0.3 is 4.74 Å². The molecule has 0 fully saturated rings. The third kappa shape index (κ3) is 3.82. The highest BCUT2D eigenvalue weighted by Crippen LogP contribution is 2.25. The average molecular weight is 397 g/mol. The van der Waals surface area contributed by atoms with Crippen molar-refractivity contribution in [2.75, 3.05) is 7.11 Å². The van der Waals surface area contributed by atoms with Crippen molar-refractivity contribution >= 4 is 11.4 Å². The molecule has 0 saturated heterocycles. The number of H-pyrrole nitrogens is 1. The number of aromatic amines is 1. The van der Waals surface area contributed by atoms with E-state index in [1.165, 1.54) is 5.56 Å². The zero-order chi connectivity index (χ0) is 21.1. The molecule has 4 rings (SSSR count). The van der Waals surface area contributed by atoms with Crippen LogP contribution in [0, 0.1) is 6.92 Å². The number of nitrogens with one attached hydrogen (secondary N) is 1. The van der Waals surface area contributed by atoms with E-state index in [2.05, 4.69) is 5.10 Å². The summed E-state index contributed by atoms with van der Waals surface area (Å²) in [7, 11) is 1.63. The lowest BCUT2D eigenvalue weighted by atomic mass is 10.0. The van der Waals surface area contributed by atoms with Gasteiger partial charge in [-0.05, 0) is 62.4 Å². The summed E-state index contributed by atoms with van der Waals surface area (Å²) in [6.45, 7) is 3.90. The second kappa shape index (κ2) is 8.25. The summed E-state index contributed by atoms with van der Waals surface area (Å²) in [6.07, 6.45) is 0. The van der Waals surface area contributed by atoms with Gasteiger partial charge in [0.15, 0.2) is 0 Å². The SMILES string of the molecule is COc1ccc(-c2[nH]n(-c3ccccc3)c(=O)c2C(C)=Nc2ccc(C)cc2)cc1. The molecule has 1 N–H and O–H groups in total. The third-order valence-corrected chi connectivity index (χ3v) is 4.98. The minimum absolute atomic E-state index is 0.139. The third-order valence-electron chi connectivity index (χ3n) is 4.98. The highest BCUT2D eigenvalue weighted by Gasteiger charge is 2.19. The number of benzene rings is 3. The maximum Gasteiger partial charge on any atom is 0.280 e. The molecule has 0 amide bonds. The molecule has 0 radical (unpaired) electrons. The van der Waals surface area contributed by atoms with Crippen LogP contribution in [0.15, 0.2) is 88.6 Å². The molecule has 4 aromatic rings. The van der Waals surface area contributed by atoms with Crippen LogP contribution in [0.2, 0.25) is 0 Å². The van der Waals surface area contributed by atoms with E-state index >= 15 is 0 Å². The monoisotopic (exact) mass is 397 g/mol. The number of aryl methyl sites for hydroxylation is 1. The van der Waals surface area contributed by atoms with E-state index in [1.807, 2.05) is 92.7 Å². The first-order valence-electron chi connectivity index (χ1n) is 9.74. The first kappa shape index (κ1) is 19.5. The summed E-state index contributed by atoms with van der Waals surface area (Å²) in [5.41, 5.74) is 5.41. The Balaban J connectivity index is 1.89. The zero-order valence-electron chi connectivity index (χ0n) is 17.2. The van der Waals surface area contributed by atoms with Gasteiger partial charge in [-0.1, -0.05) is 35.9 Å². The Bertz CT molecular complexity index is 1230. The Hall–Kier alpha value is -3.86. The fourth-order valence-corrected chi connectivity index (χ4v) is 3.37. The highest BCUT2D eigenvalue weighted by molar-refractivity contribution is 6.04. The van der Waals surface area contributed by atoms with Gasteiger partial charge in [-0.2, -0.15) is 0 Å². The molecule has 0 bridgehead atoms. The van der Waals surface area contributed by atoms with Crippen LogP contribution in [0.4, 0.5) is 5.69 Å². The van der Waals surface area contributed by atoms with Crippen molar-refractivity contribution in [3.63, 3.8) is 0 Å². The Morgan fingerprint density at radius 3 is 2.23 bits per heavy atom. The van der Waals surface area contributed by atoms with Crippen LogP contribution in [0.1, 0.15) is 18.1 Å². The van der Waals surface area contributed by atoms with Crippen LogP contribution in [0.25, 0.3) is 16.9 Å². The van der Waals surface area contributed by atoms with Crippen molar-refractivity contribution in [3.8, 4) is 22.7 Å². The minimum Gasteiger partial charge on any atom is -0.497 e. The number of hydrogen-bond acceptors (Lipinski definition) is 3. The molecular weight excluding hydrogens is 374 g/mol. The summed E-state index contributed by atoms with van der Waals surface area (Å²) >= 11 is 0. The van der Waals surface area contributed by atoms with Gasteiger partial charge in [0.05, 0.1) is 35.5 Å². The van der Waals surface area contributed by atoms with Crippen LogP contribution in [0.3, 0.4) is 0 Å². The lowest BCUT2D eigenvalue weighted by Gasteiger charge is -2.05. The molecule has 0 unspecified atom stereocenters. The predicted molar refractivity (Wildman–Crippen MR) is 121 cm³/mol. The molecule has 1 heterocycles. The molecule has 0 aliphatic rings. The number of hydrogen-bond donors (Lipinski definition) is 1. The van der Waals surface area contributed by atoms with Crippen molar-refractivity contribution < 1.29 is 4.74 Å². The van der Waals surface area contributed by atoms with Gasteiger partial charge >= 0.3 is 0 Å². The quantitative estimate of drug-likeness (QED) is 0.465. The van der Waals surface area contributed by atoms with E-state index in [-0.39, 0.29) is 5.56 Å². The number of para-hydroxylation sites is 1. The van der Waals surface area contributed by atoms with Crippen LogP contribution in [-0.4, -0.2) is 22.6 Å². The smallest absolute Gasteiger partial charge is 0.280 e. The predicted octanol–water partition coefficient (Wildman–Crippen LogP) is 5.29. The van der Waals surface area contributed by atoms with Gasteiger partial charge in [0.1, 0.15) is 5.75 Å². The summed E-state index contributed by atoms with van der Waals surface area (Å²) < 4.78 is 6.83. The van der Waals surface area contributed by atoms with Crippen molar-refractivity contribution in [3.05, 3.63) is 100 Å². The number of nitrogens with zero attached hydrogens (tertiary/aromatic N) is 2. The van der Waals surface area contributed by atoms with Crippen LogP contribution in [0.5, 0.6) is 5.75 Å². The topological polar surface area (TPSA) is 59.4 Å². The van der Waals surface area contributed by atoms with Crippen molar-refractivity contribution in [1.82, 2.24) is 9.78 Å². The summed E-state index contributed by atoms with van der Waals surface area (Å²) in [4.78, 5) is 18.1. The van der Waals surface area contributed by atoms with E-state index in [0.717, 1.165) is 28.4 Å². The number of aliphatic imine (C=N–C) groups is 1. The van der Waals surface area contributed by atoms with E-state index < -0.39 is 0 Å². The van der Waals surface area contributed by atoms with E-state index in [9.17, 15) is 4.79 Å². The number of methoxy groups -OCH3 is 1. The molecule has 0 aliphatic carbocycles. The van der Waals surface area contributed by atoms with Gasteiger partial charge in [-0.3, -0.25) is 14.9 Å². The second-order valence-electron chi connectivity index (χ2n) is 7.10. The van der Waals surface area contributed by atoms with Crippen molar-refractivity contribution in [1.29, 1.82) is 0 Å². The first-order chi connectivity index (χ1) is 14.6. The number of rotatable bonds is 5. The van der Waals surface area contributed by atoms with E-state index in [4.69, 9.17) is 9.73 Å². The summed E-state index contributed by atoms with van der Waals surface area (Å²) in [5.74, 6) is 0.759. The molecule has 0 aliphatic heterocycles. The Labute approximate surface area is 175 Å². The lowest BCUT2D eigenvalue weighted by molar-refractivity contribution is 0.415. The molecule has 30 heavy (non-hydrogen) atoms. The molecular formula is C25H23N3O2. The van der Waals surface area contributed by atoms with Gasteiger partial charge in [0.2, 0.25) is 0 Å². The highest BCUT2D eigenvalue weighted by atomic mass is 16.5. The molecule has 0 spiro atoms. The van der Waals surface area contributed by atoms with Crippen LogP contribution >= 0.6 is 0 Å². The van der Waals surface area contributed by atoms with Gasteiger partial charge in [0.25, 0.3) is 5.56 Å². The molecule has 0 atom stereocenters. The lowest BCUT2D eigenvalue weighted by Crippen LogP contribution is -2.19. The largest absolute Gasteiger partial charge is 0.497 e.